The summed E-state index contributed by atoms with van der Waals surface area (Å²) in [5.74, 6) is -0.903. The van der Waals surface area contributed by atoms with Crippen LogP contribution in [-0.4, -0.2) is 37.2 Å². The number of carbonyl (C=O) groups is 3. The summed E-state index contributed by atoms with van der Waals surface area (Å²) in [6.45, 7) is 6.62. The lowest BCUT2D eigenvalue weighted by Crippen LogP contribution is -2.30. The van der Waals surface area contributed by atoms with Gasteiger partial charge in [0.25, 0.3) is 0 Å². The fraction of sp³-hybridized carbons (Fsp3) is 0.800. The first-order valence-electron chi connectivity index (χ1n) is 30.8. The average Bonchev–Trinajstić information content (AvgIpc) is 3.37. The number of carbonyl (C=O) groups excluding carboxylic acids is 3. The molecule has 0 aromatic heterocycles. The fourth-order valence-corrected chi connectivity index (χ4v) is 8.83. The molecule has 0 aliphatic carbocycles. The number of hydrogen-bond donors (Lipinski definition) is 0. The molecular weight excluding hydrogens is 877 g/mol. The minimum atomic E-state index is -0.789. The van der Waals surface area contributed by atoms with E-state index in [0.29, 0.717) is 19.3 Å². The summed E-state index contributed by atoms with van der Waals surface area (Å²) in [4.78, 5) is 38.3. The lowest BCUT2D eigenvalue weighted by Gasteiger charge is -2.18. The van der Waals surface area contributed by atoms with Crippen molar-refractivity contribution in [2.75, 3.05) is 13.2 Å². The molecule has 0 N–H and O–H groups in total. The second-order valence-electron chi connectivity index (χ2n) is 20.6. The van der Waals surface area contributed by atoms with Crippen LogP contribution in [0.5, 0.6) is 0 Å². The first-order chi connectivity index (χ1) is 35.0. The molecule has 0 heterocycles. The van der Waals surface area contributed by atoms with E-state index in [9.17, 15) is 14.4 Å². The third-order valence-electron chi connectivity index (χ3n) is 13.5. The Kier molecular flexibility index (Phi) is 57.2. The van der Waals surface area contributed by atoms with Crippen LogP contribution < -0.4 is 0 Å². The van der Waals surface area contributed by atoms with Crippen LogP contribution in [0.1, 0.15) is 316 Å². The van der Waals surface area contributed by atoms with Gasteiger partial charge >= 0.3 is 17.9 Å². The highest BCUT2D eigenvalue weighted by molar-refractivity contribution is 5.71. The Labute approximate surface area is 440 Å². The van der Waals surface area contributed by atoms with E-state index in [2.05, 4.69) is 81.5 Å². The molecule has 0 fully saturated rings. The Morgan fingerprint density at radius 1 is 0.282 bits per heavy atom. The van der Waals surface area contributed by atoms with Gasteiger partial charge in [-0.05, 0) is 89.9 Å². The maximum Gasteiger partial charge on any atom is 0.306 e. The van der Waals surface area contributed by atoms with Gasteiger partial charge in [-0.3, -0.25) is 14.4 Å². The smallest absolute Gasteiger partial charge is 0.306 e. The van der Waals surface area contributed by atoms with Crippen LogP contribution in [0.3, 0.4) is 0 Å². The van der Waals surface area contributed by atoms with Crippen molar-refractivity contribution in [3.05, 3.63) is 60.8 Å². The molecule has 0 aromatic rings. The minimum Gasteiger partial charge on any atom is -0.462 e. The third kappa shape index (κ3) is 57.9. The molecule has 0 radical (unpaired) electrons. The molecule has 6 heteroatoms. The first-order valence-corrected chi connectivity index (χ1v) is 30.8. The van der Waals surface area contributed by atoms with Gasteiger partial charge in [0.1, 0.15) is 13.2 Å². The van der Waals surface area contributed by atoms with Crippen molar-refractivity contribution in [1.82, 2.24) is 0 Å². The van der Waals surface area contributed by atoms with Gasteiger partial charge in [-0.1, -0.05) is 268 Å². The van der Waals surface area contributed by atoms with Crippen molar-refractivity contribution in [2.24, 2.45) is 0 Å². The molecular formula is C65H116O6. The highest BCUT2D eigenvalue weighted by Gasteiger charge is 2.19. The lowest BCUT2D eigenvalue weighted by atomic mass is 10.0. The van der Waals surface area contributed by atoms with E-state index >= 15 is 0 Å². The zero-order valence-corrected chi connectivity index (χ0v) is 47.2. The van der Waals surface area contributed by atoms with E-state index in [1.54, 1.807) is 0 Å². The summed E-state index contributed by atoms with van der Waals surface area (Å²) in [7, 11) is 0. The van der Waals surface area contributed by atoms with Crippen molar-refractivity contribution in [2.45, 2.75) is 322 Å². The van der Waals surface area contributed by atoms with E-state index in [1.807, 2.05) is 0 Å². The maximum atomic E-state index is 12.9. The first kappa shape index (κ1) is 68.1. The van der Waals surface area contributed by atoms with Crippen LogP contribution in [0.15, 0.2) is 60.8 Å². The summed E-state index contributed by atoms with van der Waals surface area (Å²) < 4.78 is 16.9. The standard InChI is InChI=1S/C65H116O6/c1-4-7-10-13-16-19-22-25-28-31-32-35-37-40-43-46-49-52-55-58-64(67)70-61-62(71-65(68)59-56-53-50-47-44-41-38-34-30-27-24-21-18-15-12-9-6-3)60-69-63(66)57-54-51-48-45-42-39-36-33-29-26-23-20-17-14-11-8-5-2/h16,19,25,27-28,30,32,35,40,43,62H,4-15,17-18,20-24,26,29,31,33-34,36-39,41-42,44-61H2,1-3H3/b19-16-,28-25-,30-27-,35-32-,43-40-/t62-/m0/s1. The van der Waals surface area contributed by atoms with E-state index in [4.69, 9.17) is 14.2 Å². The van der Waals surface area contributed by atoms with Crippen LogP contribution in [0.4, 0.5) is 0 Å². The molecule has 412 valence electrons. The molecule has 0 saturated carbocycles. The number of allylic oxidation sites excluding steroid dienone is 10. The summed E-state index contributed by atoms with van der Waals surface area (Å²) >= 11 is 0. The van der Waals surface area contributed by atoms with Crippen LogP contribution >= 0.6 is 0 Å². The highest BCUT2D eigenvalue weighted by atomic mass is 16.6. The van der Waals surface area contributed by atoms with Gasteiger partial charge in [-0.25, -0.2) is 0 Å². The van der Waals surface area contributed by atoms with Gasteiger partial charge in [0.15, 0.2) is 6.10 Å². The Hall–Kier alpha value is -2.89. The molecule has 0 saturated heterocycles. The second kappa shape index (κ2) is 59.7. The van der Waals surface area contributed by atoms with Crippen molar-refractivity contribution in [3.8, 4) is 0 Å². The molecule has 0 rings (SSSR count). The Balaban J connectivity index is 4.42. The van der Waals surface area contributed by atoms with E-state index in [0.717, 1.165) is 83.5 Å². The topological polar surface area (TPSA) is 78.9 Å². The Bertz CT molecular complexity index is 1280. The van der Waals surface area contributed by atoms with Crippen molar-refractivity contribution in [3.63, 3.8) is 0 Å². The molecule has 0 aliphatic heterocycles. The van der Waals surface area contributed by atoms with Crippen molar-refractivity contribution < 1.29 is 28.6 Å². The molecule has 0 spiro atoms. The number of rotatable bonds is 56. The second-order valence-corrected chi connectivity index (χ2v) is 20.6. The fourth-order valence-electron chi connectivity index (χ4n) is 8.83. The summed E-state index contributed by atoms with van der Waals surface area (Å²) in [5, 5.41) is 0. The highest BCUT2D eigenvalue weighted by Crippen LogP contribution is 2.16. The maximum absolute atomic E-state index is 12.9. The monoisotopic (exact) mass is 993 g/mol. The van der Waals surface area contributed by atoms with Crippen LogP contribution in [-0.2, 0) is 28.6 Å². The van der Waals surface area contributed by atoms with Gasteiger partial charge in [0, 0.05) is 19.3 Å². The predicted octanol–water partition coefficient (Wildman–Crippen LogP) is 20.8. The number of hydrogen-bond acceptors (Lipinski definition) is 6. The van der Waals surface area contributed by atoms with Crippen LogP contribution in [0.25, 0.3) is 0 Å². The zero-order chi connectivity index (χ0) is 51.4. The summed E-state index contributed by atoms with van der Waals surface area (Å²) in [5.41, 5.74) is 0. The van der Waals surface area contributed by atoms with Gasteiger partial charge in [0.2, 0.25) is 0 Å². The molecule has 0 amide bonds. The zero-order valence-electron chi connectivity index (χ0n) is 47.2. The van der Waals surface area contributed by atoms with E-state index in [-0.39, 0.29) is 31.1 Å². The normalized spacial score (nSPS) is 12.4. The van der Waals surface area contributed by atoms with Crippen molar-refractivity contribution in [1.29, 1.82) is 0 Å². The predicted molar refractivity (Wildman–Crippen MR) is 307 cm³/mol. The lowest BCUT2D eigenvalue weighted by molar-refractivity contribution is -0.167. The van der Waals surface area contributed by atoms with Crippen molar-refractivity contribution >= 4 is 17.9 Å². The Morgan fingerprint density at radius 2 is 0.507 bits per heavy atom. The molecule has 71 heavy (non-hydrogen) atoms. The third-order valence-corrected chi connectivity index (χ3v) is 13.5. The number of unbranched alkanes of at least 4 members (excludes halogenated alkanes) is 35. The molecule has 0 unspecified atom stereocenters. The average molecular weight is 994 g/mol. The summed E-state index contributed by atoms with van der Waals surface area (Å²) in [6.07, 6.45) is 75.0. The largest absolute Gasteiger partial charge is 0.462 e. The van der Waals surface area contributed by atoms with E-state index < -0.39 is 6.10 Å². The Morgan fingerprint density at radius 3 is 0.845 bits per heavy atom. The molecule has 0 aliphatic rings. The molecule has 1 atom stereocenters. The number of esters is 3. The SMILES string of the molecule is CCCCC/C=C\C/C=C\C/C=C\C/C=C\CCCCCC(=O)OC[C@H](COC(=O)CCCCCCCCCCCCCCCCCCC)OC(=O)CCCCCCCCC/C=C\CCCCCCCC. The van der Waals surface area contributed by atoms with Crippen LogP contribution in [0.2, 0.25) is 0 Å². The summed E-state index contributed by atoms with van der Waals surface area (Å²) in [6, 6.07) is 0. The van der Waals surface area contributed by atoms with Gasteiger partial charge in [-0.15, -0.1) is 0 Å². The van der Waals surface area contributed by atoms with E-state index in [1.165, 1.54) is 193 Å². The minimum absolute atomic E-state index is 0.0832. The van der Waals surface area contributed by atoms with Gasteiger partial charge < -0.3 is 14.2 Å². The molecule has 0 bridgehead atoms. The molecule has 6 nitrogen and oxygen atoms in total. The van der Waals surface area contributed by atoms with Gasteiger partial charge in [0.05, 0.1) is 0 Å². The van der Waals surface area contributed by atoms with Crippen LogP contribution in [0, 0.1) is 0 Å². The quantitative estimate of drug-likeness (QED) is 0.0261. The number of ether oxygens (including phenoxy) is 3. The molecule has 0 aromatic carbocycles. The van der Waals surface area contributed by atoms with Gasteiger partial charge in [-0.2, -0.15) is 0 Å².